The highest BCUT2D eigenvalue weighted by Gasteiger charge is 2.25. The van der Waals surface area contributed by atoms with Crippen molar-refractivity contribution in [3.05, 3.63) is 69.5 Å². The zero-order valence-electron chi connectivity index (χ0n) is 10.5. The topological polar surface area (TPSA) is 43.1 Å². The largest absolute Gasteiger partial charge is 0.323 e. The standard InChI is InChI=1S/C6HBr2F2NO2.C6H2Br2F2/c7-2-1-3(9)5(10)6(4(2)8)11(12)13;7-3-1-5(9)6(10)2-4(3)8/h1H;1-2H. The number of benzene rings is 2. The Kier molecular flexibility index (Phi) is 7.62. The lowest BCUT2D eigenvalue weighted by Gasteiger charge is -2.00. The minimum absolute atomic E-state index is 0.0955. The van der Waals surface area contributed by atoms with Gasteiger partial charge < -0.3 is 0 Å². The van der Waals surface area contributed by atoms with Crippen molar-refractivity contribution in [2.45, 2.75) is 0 Å². The average Bonchev–Trinajstić information content (AvgIpc) is 2.44. The fraction of sp³-hybridized carbons (Fsp3) is 0. The number of rotatable bonds is 1. The van der Waals surface area contributed by atoms with Crippen molar-refractivity contribution in [2.75, 3.05) is 0 Å². The van der Waals surface area contributed by atoms with Gasteiger partial charge >= 0.3 is 5.69 Å². The van der Waals surface area contributed by atoms with Gasteiger partial charge in [-0.25, -0.2) is 13.2 Å². The van der Waals surface area contributed by atoms with E-state index in [4.69, 9.17) is 0 Å². The Balaban J connectivity index is 0.000000238. The highest BCUT2D eigenvalue weighted by molar-refractivity contribution is 9.13. The zero-order chi connectivity index (χ0) is 17.9. The maximum atomic E-state index is 12.8. The number of halogens is 8. The average molecular weight is 589 g/mol. The molecule has 0 aliphatic rings. The van der Waals surface area contributed by atoms with Crippen LogP contribution in [-0.4, -0.2) is 4.92 Å². The lowest BCUT2D eigenvalue weighted by molar-refractivity contribution is -0.388. The molecule has 11 heteroatoms. The summed E-state index contributed by atoms with van der Waals surface area (Å²) in [7, 11) is 0. The lowest BCUT2D eigenvalue weighted by Crippen LogP contribution is -1.97. The van der Waals surface area contributed by atoms with Gasteiger partial charge in [-0.1, -0.05) is 0 Å². The van der Waals surface area contributed by atoms with Gasteiger partial charge in [0.1, 0.15) is 4.47 Å². The van der Waals surface area contributed by atoms with Crippen LogP contribution in [-0.2, 0) is 0 Å². The minimum atomic E-state index is -1.47. The Morgan fingerprint density at radius 3 is 1.57 bits per heavy atom. The second-order valence-corrected chi connectivity index (χ2v) is 7.11. The molecule has 0 unspecified atom stereocenters. The predicted octanol–water partition coefficient (Wildman–Crippen LogP) is 6.89. The molecule has 0 spiro atoms. The van der Waals surface area contributed by atoms with E-state index in [1.165, 1.54) is 0 Å². The van der Waals surface area contributed by atoms with Crippen molar-refractivity contribution in [1.82, 2.24) is 0 Å². The van der Waals surface area contributed by atoms with Crippen LogP contribution in [0.15, 0.2) is 36.1 Å². The Bertz CT molecular complexity index is 697. The molecule has 2 aromatic rings. The van der Waals surface area contributed by atoms with Crippen molar-refractivity contribution in [2.24, 2.45) is 0 Å². The second-order valence-electron chi connectivity index (χ2n) is 3.75. The van der Waals surface area contributed by atoms with E-state index < -0.39 is 33.9 Å². The van der Waals surface area contributed by atoms with Crippen LogP contribution in [0.3, 0.4) is 0 Å². The maximum absolute atomic E-state index is 12.8. The zero-order valence-corrected chi connectivity index (χ0v) is 16.9. The van der Waals surface area contributed by atoms with Crippen molar-refractivity contribution in [3.63, 3.8) is 0 Å². The highest BCUT2D eigenvalue weighted by atomic mass is 79.9. The van der Waals surface area contributed by atoms with Gasteiger partial charge in [-0.05, 0) is 81.9 Å². The summed E-state index contributed by atoms with van der Waals surface area (Å²) < 4.78 is 51.1. The minimum Gasteiger partial charge on any atom is -0.258 e. The first-order valence-electron chi connectivity index (χ1n) is 5.33. The van der Waals surface area contributed by atoms with E-state index in [9.17, 15) is 27.7 Å². The normalized spacial score (nSPS) is 10.1. The van der Waals surface area contributed by atoms with E-state index in [0.29, 0.717) is 8.95 Å². The monoisotopic (exact) mass is 585 g/mol. The molecular weight excluding hydrogens is 586 g/mol. The summed E-state index contributed by atoms with van der Waals surface area (Å²) in [5.74, 6) is -4.44. The van der Waals surface area contributed by atoms with Crippen LogP contribution in [0.4, 0.5) is 23.2 Å². The fourth-order valence-electron chi connectivity index (χ4n) is 1.22. The first kappa shape index (κ1) is 20.5. The molecule has 0 bridgehead atoms. The quantitative estimate of drug-likeness (QED) is 0.158. The smallest absolute Gasteiger partial charge is 0.258 e. The summed E-state index contributed by atoms with van der Waals surface area (Å²) in [5.41, 5.74) is -0.910. The third-order valence-electron chi connectivity index (χ3n) is 2.23. The first-order valence-corrected chi connectivity index (χ1v) is 8.50. The molecule has 3 nitrogen and oxygen atoms in total. The molecule has 23 heavy (non-hydrogen) atoms. The summed E-state index contributed by atoms with van der Waals surface area (Å²) in [4.78, 5) is 9.30. The van der Waals surface area contributed by atoms with Crippen molar-refractivity contribution >= 4 is 69.4 Å². The Hall–Kier alpha value is -0.520. The number of nitrogens with zero attached hydrogens (tertiary/aromatic N) is 1. The van der Waals surface area contributed by atoms with E-state index in [1.54, 1.807) is 0 Å². The predicted molar refractivity (Wildman–Crippen MR) is 90.2 cm³/mol. The molecular formula is C12H3Br4F4NO2. The molecule has 0 heterocycles. The number of hydrogen-bond donors (Lipinski definition) is 0. The van der Waals surface area contributed by atoms with Crippen LogP contribution in [0.2, 0.25) is 0 Å². The van der Waals surface area contributed by atoms with E-state index in [-0.39, 0.29) is 8.95 Å². The van der Waals surface area contributed by atoms with Crippen LogP contribution in [0, 0.1) is 33.4 Å². The van der Waals surface area contributed by atoms with Gasteiger partial charge in [-0.2, -0.15) is 4.39 Å². The van der Waals surface area contributed by atoms with Crippen LogP contribution >= 0.6 is 63.7 Å². The number of hydrogen-bond acceptors (Lipinski definition) is 2. The number of nitro benzene ring substituents is 1. The SMILES string of the molecule is Fc1cc(Br)c(Br)cc1F.O=[N+]([O-])c1c(F)c(F)cc(Br)c1Br. The van der Waals surface area contributed by atoms with E-state index >= 15 is 0 Å². The third-order valence-corrected chi connectivity index (χ3v) is 6.04. The summed E-state index contributed by atoms with van der Waals surface area (Å²) in [6.45, 7) is 0. The van der Waals surface area contributed by atoms with E-state index in [2.05, 4.69) is 63.7 Å². The highest BCUT2D eigenvalue weighted by Crippen LogP contribution is 2.35. The Morgan fingerprint density at radius 1 is 0.783 bits per heavy atom. The van der Waals surface area contributed by atoms with Gasteiger partial charge in [0.15, 0.2) is 17.5 Å². The van der Waals surface area contributed by atoms with Crippen LogP contribution in [0.25, 0.3) is 0 Å². The molecule has 0 saturated carbocycles. The van der Waals surface area contributed by atoms with Gasteiger partial charge in [0.25, 0.3) is 0 Å². The molecule has 0 atom stereocenters. The van der Waals surface area contributed by atoms with Gasteiger partial charge in [0.2, 0.25) is 5.82 Å². The van der Waals surface area contributed by atoms with Crippen LogP contribution < -0.4 is 0 Å². The molecule has 0 N–H and O–H groups in total. The summed E-state index contributed by atoms with van der Waals surface area (Å²) in [6.07, 6.45) is 0. The van der Waals surface area contributed by atoms with E-state index in [1.807, 2.05) is 0 Å². The Labute approximate surface area is 160 Å². The van der Waals surface area contributed by atoms with Gasteiger partial charge in [0, 0.05) is 13.4 Å². The fourth-order valence-corrected chi connectivity index (χ4v) is 2.67. The first-order chi connectivity index (χ1) is 10.6. The van der Waals surface area contributed by atoms with Crippen molar-refractivity contribution in [3.8, 4) is 0 Å². The molecule has 0 aromatic heterocycles. The van der Waals surface area contributed by atoms with Crippen molar-refractivity contribution in [1.29, 1.82) is 0 Å². The Morgan fingerprint density at radius 2 is 1.17 bits per heavy atom. The molecule has 0 aliphatic heterocycles. The number of nitro groups is 1. The summed E-state index contributed by atoms with van der Waals surface area (Å²) in [6, 6.07) is 2.95. The van der Waals surface area contributed by atoms with Gasteiger partial charge in [-0.3, -0.25) is 10.1 Å². The van der Waals surface area contributed by atoms with E-state index in [0.717, 1.165) is 18.2 Å². The maximum Gasteiger partial charge on any atom is 0.323 e. The van der Waals surface area contributed by atoms with Crippen LogP contribution in [0.1, 0.15) is 0 Å². The molecule has 124 valence electrons. The van der Waals surface area contributed by atoms with Gasteiger partial charge in [-0.15, -0.1) is 0 Å². The summed E-state index contributed by atoms with van der Waals surface area (Å²) in [5, 5.41) is 10.3. The third kappa shape index (κ3) is 5.23. The second kappa shape index (κ2) is 8.54. The lowest BCUT2D eigenvalue weighted by atomic mass is 10.3. The molecule has 0 radical (unpaired) electrons. The van der Waals surface area contributed by atoms with Gasteiger partial charge in [0.05, 0.1) is 4.92 Å². The molecule has 0 saturated heterocycles. The molecule has 0 aliphatic carbocycles. The molecule has 2 aromatic carbocycles. The molecule has 2 rings (SSSR count). The summed E-state index contributed by atoms with van der Waals surface area (Å²) >= 11 is 11.7. The van der Waals surface area contributed by atoms with Crippen molar-refractivity contribution < 1.29 is 22.5 Å². The molecule has 0 fully saturated rings. The van der Waals surface area contributed by atoms with Crippen LogP contribution in [0.5, 0.6) is 0 Å². The molecule has 0 amide bonds.